The van der Waals surface area contributed by atoms with Crippen LogP contribution in [0.4, 0.5) is 0 Å². The summed E-state index contributed by atoms with van der Waals surface area (Å²) in [7, 11) is 4.46. The summed E-state index contributed by atoms with van der Waals surface area (Å²) in [6.45, 7) is -0.0116. The quantitative estimate of drug-likeness (QED) is 0.527. The zero-order chi connectivity index (χ0) is 19.9. The monoisotopic (exact) mass is 402 g/mol. The fourth-order valence-corrected chi connectivity index (χ4v) is 2.91. The fourth-order valence-electron chi connectivity index (χ4n) is 2.29. The molecule has 0 saturated carbocycles. The van der Waals surface area contributed by atoms with Crippen molar-refractivity contribution in [3.05, 3.63) is 52.2 Å². The minimum Gasteiger partial charge on any atom is -0.493 e. The van der Waals surface area contributed by atoms with Crippen LogP contribution in [0.15, 0.2) is 41.1 Å². The zero-order valence-electron chi connectivity index (χ0n) is 15.5. The molecule has 0 unspecified atom stereocenters. The van der Waals surface area contributed by atoms with E-state index in [1.807, 2.05) is 5.38 Å². The van der Waals surface area contributed by atoms with Gasteiger partial charge in [-0.3, -0.25) is 0 Å². The summed E-state index contributed by atoms with van der Waals surface area (Å²) in [5.74, 6) is 0.909. The number of hydrogen-bond acceptors (Lipinski definition) is 9. The Morgan fingerprint density at radius 3 is 2.39 bits per heavy atom. The fraction of sp³-hybridized carbons (Fsp3) is 0.211. The van der Waals surface area contributed by atoms with E-state index in [9.17, 15) is 4.79 Å². The average Bonchev–Trinajstić information content (AvgIpc) is 3.27. The molecule has 28 heavy (non-hydrogen) atoms. The summed E-state index contributed by atoms with van der Waals surface area (Å²) in [5.41, 5.74) is 1.09. The predicted octanol–water partition coefficient (Wildman–Crippen LogP) is 3.71. The van der Waals surface area contributed by atoms with Gasteiger partial charge in [-0.15, -0.1) is 0 Å². The van der Waals surface area contributed by atoms with Gasteiger partial charge in [0, 0.05) is 10.9 Å². The number of methoxy groups -OCH3 is 3. The van der Waals surface area contributed by atoms with E-state index in [1.165, 1.54) is 38.7 Å². The van der Waals surface area contributed by atoms with Gasteiger partial charge in [0.05, 0.1) is 33.0 Å². The van der Waals surface area contributed by atoms with Crippen molar-refractivity contribution in [2.24, 2.45) is 0 Å². The molecule has 0 atom stereocenters. The molecule has 0 fully saturated rings. The molecule has 0 aliphatic heterocycles. The lowest BCUT2D eigenvalue weighted by Gasteiger charge is -2.14. The third kappa shape index (κ3) is 4.49. The van der Waals surface area contributed by atoms with Crippen molar-refractivity contribution in [1.82, 2.24) is 9.97 Å². The molecule has 146 valence electrons. The van der Waals surface area contributed by atoms with Crippen molar-refractivity contribution in [2.45, 2.75) is 6.61 Å². The largest absolute Gasteiger partial charge is 0.493 e. The molecule has 8 nitrogen and oxygen atoms in total. The number of rotatable bonds is 8. The number of thiophene rings is 1. The van der Waals surface area contributed by atoms with Gasteiger partial charge in [-0.25, -0.2) is 4.79 Å². The van der Waals surface area contributed by atoms with Crippen molar-refractivity contribution in [2.75, 3.05) is 21.3 Å². The van der Waals surface area contributed by atoms with E-state index in [4.69, 9.17) is 23.7 Å². The molecule has 0 radical (unpaired) electrons. The third-order valence-electron chi connectivity index (χ3n) is 3.67. The molecule has 9 heteroatoms. The molecule has 0 spiro atoms. The van der Waals surface area contributed by atoms with Crippen LogP contribution < -0.4 is 18.9 Å². The van der Waals surface area contributed by atoms with Gasteiger partial charge in [0.1, 0.15) is 6.61 Å². The van der Waals surface area contributed by atoms with E-state index < -0.39 is 5.97 Å². The number of benzene rings is 1. The summed E-state index contributed by atoms with van der Waals surface area (Å²) in [5, 5.41) is 3.53. The minimum atomic E-state index is -0.422. The second-order valence-corrected chi connectivity index (χ2v) is 6.15. The normalized spacial score (nSPS) is 10.2. The number of ether oxygens (including phenoxy) is 5. The SMILES string of the molecule is COc1cc(OC)nc(Oc2c(COC(=O)c3ccsc3)cccc2OC)n1. The van der Waals surface area contributed by atoms with E-state index in [2.05, 4.69) is 9.97 Å². The Kier molecular flexibility index (Phi) is 6.28. The van der Waals surface area contributed by atoms with Crippen LogP contribution in [0.3, 0.4) is 0 Å². The van der Waals surface area contributed by atoms with Crippen molar-refractivity contribution in [1.29, 1.82) is 0 Å². The van der Waals surface area contributed by atoms with E-state index in [0.29, 0.717) is 22.6 Å². The van der Waals surface area contributed by atoms with E-state index in [0.717, 1.165) is 0 Å². The molecule has 0 saturated heterocycles. The number of aromatic nitrogens is 2. The molecular weight excluding hydrogens is 384 g/mol. The Bertz CT molecular complexity index is 923. The Balaban J connectivity index is 1.86. The summed E-state index contributed by atoms with van der Waals surface area (Å²) < 4.78 is 26.9. The number of esters is 1. The Hall–Kier alpha value is -3.33. The van der Waals surface area contributed by atoms with Crippen LogP contribution in [-0.4, -0.2) is 37.3 Å². The Morgan fingerprint density at radius 1 is 1.04 bits per heavy atom. The Morgan fingerprint density at radius 2 is 1.79 bits per heavy atom. The van der Waals surface area contributed by atoms with Gasteiger partial charge in [0.2, 0.25) is 11.8 Å². The maximum Gasteiger partial charge on any atom is 0.339 e. The highest BCUT2D eigenvalue weighted by Crippen LogP contribution is 2.35. The zero-order valence-corrected chi connectivity index (χ0v) is 16.3. The second-order valence-electron chi connectivity index (χ2n) is 5.37. The molecular formula is C19H18N2O6S. The van der Waals surface area contributed by atoms with E-state index >= 15 is 0 Å². The molecule has 3 aromatic rings. The van der Waals surface area contributed by atoms with Gasteiger partial charge in [-0.2, -0.15) is 21.3 Å². The van der Waals surface area contributed by atoms with Crippen molar-refractivity contribution in [3.63, 3.8) is 0 Å². The first-order valence-electron chi connectivity index (χ1n) is 8.14. The molecule has 0 amide bonds. The lowest BCUT2D eigenvalue weighted by Crippen LogP contribution is -2.06. The molecule has 0 bridgehead atoms. The highest BCUT2D eigenvalue weighted by molar-refractivity contribution is 7.08. The van der Waals surface area contributed by atoms with Gasteiger partial charge in [0.25, 0.3) is 0 Å². The van der Waals surface area contributed by atoms with Crippen molar-refractivity contribution >= 4 is 17.3 Å². The minimum absolute atomic E-state index is 0.00566. The highest BCUT2D eigenvalue weighted by Gasteiger charge is 2.17. The van der Waals surface area contributed by atoms with Gasteiger partial charge in [0.15, 0.2) is 11.5 Å². The number of para-hydroxylation sites is 1. The van der Waals surface area contributed by atoms with Gasteiger partial charge in [-0.05, 0) is 17.5 Å². The number of nitrogens with zero attached hydrogens (tertiary/aromatic N) is 2. The second kappa shape index (κ2) is 9.05. The maximum atomic E-state index is 12.1. The summed E-state index contributed by atoms with van der Waals surface area (Å²) in [6.07, 6.45) is 0. The number of carbonyl (C=O) groups excluding carboxylic acids is 1. The van der Waals surface area contributed by atoms with E-state index in [1.54, 1.807) is 29.6 Å². The molecule has 3 rings (SSSR count). The molecule has 0 N–H and O–H groups in total. The standard InChI is InChI=1S/C19H18N2O6S/c1-23-14-6-4-5-12(10-26-18(22)13-7-8-28-11-13)17(14)27-19-20-15(24-2)9-16(21-19)25-3/h4-9,11H,10H2,1-3H3. The summed E-state index contributed by atoms with van der Waals surface area (Å²) >= 11 is 1.42. The average molecular weight is 402 g/mol. The first kappa shape index (κ1) is 19.4. The summed E-state index contributed by atoms with van der Waals surface area (Å²) in [6, 6.07) is 8.48. The molecule has 2 heterocycles. The molecule has 0 aliphatic rings. The van der Waals surface area contributed by atoms with Gasteiger partial charge in [-0.1, -0.05) is 12.1 Å². The molecule has 2 aromatic heterocycles. The van der Waals surface area contributed by atoms with Gasteiger partial charge >= 0.3 is 12.0 Å². The third-order valence-corrected chi connectivity index (χ3v) is 4.35. The molecule has 0 aliphatic carbocycles. The van der Waals surface area contributed by atoms with Crippen LogP contribution in [0, 0.1) is 0 Å². The summed E-state index contributed by atoms with van der Waals surface area (Å²) in [4.78, 5) is 20.4. The Labute approximate surface area is 165 Å². The lowest BCUT2D eigenvalue weighted by molar-refractivity contribution is 0.0471. The predicted molar refractivity (Wildman–Crippen MR) is 102 cm³/mol. The smallest absolute Gasteiger partial charge is 0.339 e. The number of carbonyl (C=O) groups is 1. The first-order chi connectivity index (χ1) is 13.6. The van der Waals surface area contributed by atoms with E-state index in [-0.39, 0.29) is 24.4 Å². The van der Waals surface area contributed by atoms with Crippen LogP contribution in [0.1, 0.15) is 15.9 Å². The van der Waals surface area contributed by atoms with Crippen LogP contribution in [-0.2, 0) is 11.3 Å². The topological polar surface area (TPSA) is 89.0 Å². The van der Waals surface area contributed by atoms with Gasteiger partial charge < -0.3 is 23.7 Å². The van der Waals surface area contributed by atoms with Crippen molar-refractivity contribution in [3.8, 4) is 29.3 Å². The lowest BCUT2D eigenvalue weighted by atomic mass is 10.2. The number of hydrogen-bond donors (Lipinski definition) is 0. The van der Waals surface area contributed by atoms with Crippen molar-refractivity contribution < 1.29 is 28.5 Å². The van der Waals surface area contributed by atoms with Crippen LogP contribution in [0.2, 0.25) is 0 Å². The molecule has 1 aromatic carbocycles. The first-order valence-corrected chi connectivity index (χ1v) is 9.09. The highest BCUT2D eigenvalue weighted by atomic mass is 32.1. The van der Waals surface area contributed by atoms with Crippen LogP contribution >= 0.6 is 11.3 Å². The maximum absolute atomic E-state index is 12.1. The van der Waals surface area contributed by atoms with Crippen LogP contribution in [0.25, 0.3) is 0 Å². The van der Waals surface area contributed by atoms with Crippen LogP contribution in [0.5, 0.6) is 29.3 Å².